The summed E-state index contributed by atoms with van der Waals surface area (Å²) in [6.45, 7) is 4.44. The Morgan fingerprint density at radius 3 is 2.92 bits per heavy atom. The SMILES string of the molecule is Cc1nc(CN(C)C(=O)NCC2CCN(c3ccc(F)c(F)c3)C2)cs1. The maximum absolute atomic E-state index is 13.4. The van der Waals surface area contributed by atoms with Crippen molar-refractivity contribution in [1.82, 2.24) is 15.2 Å². The molecule has 26 heavy (non-hydrogen) atoms. The number of rotatable bonds is 5. The molecule has 1 N–H and O–H groups in total. The van der Waals surface area contributed by atoms with Gasteiger partial charge in [0.1, 0.15) is 0 Å². The van der Waals surface area contributed by atoms with E-state index >= 15 is 0 Å². The van der Waals surface area contributed by atoms with Crippen molar-refractivity contribution in [2.75, 3.05) is 31.6 Å². The molecule has 0 radical (unpaired) electrons. The number of carbonyl (C=O) groups is 1. The third kappa shape index (κ3) is 4.49. The van der Waals surface area contributed by atoms with Gasteiger partial charge in [-0.05, 0) is 31.4 Å². The maximum Gasteiger partial charge on any atom is 0.317 e. The Labute approximate surface area is 155 Å². The molecule has 140 valence electrons. The minimum Gasteiger partial charge on any atom is -0.371 e. The summed E-state index contributed by atoms with van der Waals surface area (Å²) >= 11 is 1.57. The van der Waals surface area contributed by atoms with Gasteiger partial charge in [0.15, 0.2) is 11.6 Å². The number of nitrogens with one attached hydrogen (secondary N) is 1. The Balaban J connectivity index is 1.46. The van der Waals surface area contributed by atoms with E-state index in [1.165, 1.54) is 6.07 Å². The third-order valence-corrected chi connectivity index (χ3v) is 5.33. The van der Waals surface area contributed by atoms with Crippen LogP contribution in [0.2, 0.25) is 0 Å². The lowest BCUT2D eigenvalue weighted by atomic mass is 10.1. The van der Waals surface area contributed by atoms with Crippen LogP contribution in [-0.2, 0) is 6.54 Å². The van der Waals surface area contributed by atoms with Crippen LogP contribution in [0.4, 0.5) is 19.3 Å². The number of halogens is 2. The Hall–Kier alpha value is -2.22. The molecule has 0 aliphatic carbocycles. The summed E-state index contributed by atoms with van der Waals surface area (Å²) in [6, 6.07) is 3.82. The van der Waals surface area contributed by atoms with E-state index in [-0.39, 0.29) is 11.9 Å². The standard InChI is InChI=1S/C18H22F2N4OS/c1-12-22-14(11-26-12)10-23(2)18(25)21-8-13-5-6-24(9-13)15-3-4-16(19)17(20)7-15/h3-4,7,11,13H,5-6,8-10H2,1-2H3,(H,21,25). The summed E-state index contributed by atoms with van der Waals surface area (Å²) in [6.07, 6.45) is 0.897. The zero-order valence-electron chi connectivity index (χ0n) is 14.8. The van der Waals surface area contributed by atoms with Gasteiger partial charge in [-0.2, -0.15) is 0 Å². The molecule has 3 rings (SSSR count). The van der Waals surface area contributed by atoms with Crippen LogP contribution in [0.3, 0.4) is 0 Å². The highest BCUT2D eigenvalue weighted by Gasteiger charge is 2.24. The van der Waals surface area contributed by atoms with Gasteiger partial charge in [0, 0.05) is 43.8 Å². The van der Waals surface area contributed by atoms with Gasteiger partial charge in [0.05, 0.1) is 17.2 Å². The Bertz CT molecular complexity index is 782. The summed E-state index contributed by atoms with van der Waals surface area (Å²) in [4.78, 5) is 20.2. The van der Waals surface area contributed by atoms with Crippen molar-refractivity contribution in [2.24, 2.45) is 5.92 Å². The number of hydrogen-bond donors (Lipinski definition) is 1. The molecule has 1 saturated heterocycles. The molecule has 2 amide bonds. The van der Waals surface area contributed by atoms with Gasteiger partial charge >= 0.3 is 6.03 Å². The first-order valence-electron chi connectivity index (χ1n) is 8.52. The highest BCUT2D eigenvalue weighted by molar-refractivity contribution is 7.09. The molecule has 1 aromatic heterocycles. The van der Waals surface area contributed by atoms with Crippen LogP contribution in [0, 0.1) is 24.5 Å². The Morgan fingerprint density at radius 1 is 1.42 bits per heavy atom. The van der Waals surface area contributed by atoms with Gasteiger partial charge in [-0.15, -0.1) is 11.3 Å². The molecular formula is C18H22F2N4OS. The first-order valence-corrected chi connectivity index (χ1v) is 9.40. The average Bonchev–Trinajstić information content (AvgIpc) is 3.24. The zero-order chi connectivity index (χ0) is 18.7. The van der Waals surface area contributed by atoms with E-state index in [4.69, 9.17) is 0 Å². The van der Waals surface area contributed by atoms with E-state index in [0.717, 1.165) is 29.7 Å². The number of hydrogen-bond acceptors (Lipinski definition) is 4. The highest BCUT2D eigenvalue weighted by atomic mass is 32.1. The predicted molar refractivity (Wildman–Crippen MR) is 98.4 cm³/mol. The van der Waals surface area contributed by atoms with E-state index in [1.807, 2.05) is 17.2 Å². The lowest BCUT2D eigenvalue weighted by Crippen LogP contribution is -2.39. The van der Waals surface area contributed by atoms with E-state index in [2.05, 4.69) is 10.3 Å². The molecule has 0 bridgehead atoms. The van der Waals surface area contributed by atoms with E-state index in [9.17, 15) is 13.6 Å². The molecule has 1 aliphatic heterocycles. The molecule has 0 spiro atoms. The molecule has 5 nitrogen and oxygen atoms in total. The summed E-state index contributed by atoms with van der Waals surface area (Å²) in [5.74, 6) is -1.39. The minimum absolute atomic E-state index is 0.137. The van der Waals surface area contributed by atoms with E-state index < -0.39 is 11.6 Å². The van der Waals surface area contributed by atoms with Gasteiger partial charge in [-0.3, -0.25) is 0 Å². The van der Waals surface area contributed by atoms with Crippen LogP contribution in [0.5, 0.6) is 0 Å². The molecular weight excluding hydrogens is 358 g/mol. The minimum atomic E-state index is -0.838. The van der Waals surface area contributed by atoms with Gasteiger partial charge in [-0.25, -0.2) is 18.6 Å². The number of aromatic nitrogens is 1. The molecule has 1 fully saturated rings. The van der Waals surface area contributed by atoms with Crippen molar-refractivity contribution < 1.29 is 13.6 Å². The number of urea groups is 1. The Kier molecular flexibility index (Phi) is 5.70. The quantitative estimate of drug-likeness (QED) is 0.865. The summed E-state index contributed by atoms with van der Waals surface area (Å²) < 4.78 is 26.4. The number of carbonyl (C=O) groups excluding carboxylic acids is 1. The van der Waals surface area contributed by atoms with Crippen molar-refractivity contribution in [3.05, 3.63) is 45.9 Å². The molecule has 2 heterocycles. The molecule has 1 aromatic carbocycles. The van der Waals surface area contributed by atoms with Gasteiger partial charge in [0.2, 0.25) is 0 Å². The predicted octanol–water partition coefficient (Wildman–Crippen LogP) is 3.40. The second kappa shape index (κ2) is 7.99. The summed E-state index contributed by atoms with van der Waals surface area (Å²) in [5, 5.41) is 5.88. The molecule has 2 aromatic rings. The number of aryl methyl sites for hydroxylation is 1. The number of benzene rings is 1. The number of nitrogens with zero attached hydrogens (tertiary/aromatic N) is 3. The first-order chi connectivity index (χ1) is 12.4. The lowest BCUT2D eigenvalue weighted by molar-refractivity contribution is 0.205. The molecule has 1 aliphatic rings. The highest BCUT2D eigenvalue weighted by Crippen LogP contribution is 2.25. The molecule has 1 atom stereocenters. The molecule has 1 unspecified atom stereocenters. The smallest absolute Gasteiger partial charge is 0.317 e. The van der Waals surface area contributed by atoms with E-state index in [1.54, 1.807) is 29.4 Å². The normalized spacial score (nSPS) is 16.8. The van der Waals surface area contributed by atoms with Crippen molar-refractivity contribution in [3.63, 3.8) is 0 Å². The van der Waals surface area contributed by atoms with Gasteiger partial charge < -0.3 is 15.1 Å². The van der Waals surface area contributed by atoms with Crippen LogP contribution in [0.25, 0.3) is 0 Å². The van der Waals surface area contributed by atoms with Crippen molar-refractivity contribution >= 4 is 23.1 Å². The summed E-state index contributed by atoms with van der Waals surface area (Å²) in [5.41, 5.74) is 1.56. The monoisotopic (exact) mass is 380 g/mol. The first kappa shape index (κ1) is 18.6. The zero-order valence-corrected chi connectivity index (χ0v) is 15.7. The fourth-order valence-electron chi connectivity index (χ4n) is 3.08. The summed E-state index contributed by atoms with van der Waals surface area (Å²) in [7, 11) is 1.74. The van der Waals surface area contributed by atoms with Crippen molar-refractivity contribution in [3.8, 4) is 0 Å². The second-order valence-electron chi connectivity index (χ2n) is 6.60. The topological polar surface area (TPSA) is 48.5 Å². The maximum atomic E-state index is 13.4. The van der Waals surface area contributed by atoms with Gasteiger partial charge in [0.25, 0.3) is 0 Å². The number of amides is 2. The molecule has 0 saturated carbocycles. The average molecular weight is 380 g/mol. The third-order valence-electron chi connectivity index (χ3n) is 4.51. The van der Waals surface area contributed by atoms with Crippen LogP contribution in [0.1, 0.15) is 17.1 Å². The largest absolute Gasteiger partial charge is 0.371 e. The number of thiazole rings is 1. The van der Waals surface area contributed by atoms with Crippen LogP contribution >= 0.6 is 11.3 Å². The van der Waals surface area contributed by atoms with Crippen LogP contribution < -0.4 is 10.2 Å². The fraction of sp³-hybridized carbons (Fsp3) is 0.444. The lowest BCUT2D eigenvalue weighted by Gasteiger charge is -2.20. The van der Waals surface area contributed by atoms with Crippen LogP contribution in [-0.4, -0.2) is 42.6 Å². The van der Waals surface area contributed by atoms with Crippen LogP contribution in [0.15, 0.2) is 23.6 Å². The number of anilines is 1. The van der Waals surface area contributed by atoms with Crippen molar-refractivity contribution in [1.29, 1.82) is 0 Å². The van der Waals surface area contributed by atoms with E-state index in [0.29, 0.717) is 25.3 Å². The van der Waals surface area contributed by atoms with Gasteiger partial charge in [-0.1, -0.05) is 0 Å². The van der Waals surface area contributed by atoms with Crippen molar-refractivity contribution in [2.45, 2.75) is 19.9 Å². The molecule has 8 heteroatoms. The fourth-order valence-corrected chi connectivity index (χ4v) is 3.68. The Morgan fingerprint density at radius 2 is 2.23 bits per heavy atom. The second-order valence-corrected chi connectivity index (χ2v) is 7.66.